The standard InChI is InChI=1S/C17H31NO4/c1-7-17(9-8-12(2)3)10-13(14(19)20)11-18(17)15(21)22-16(4,5)6/h12-13H,7-11H2,1-6H3,(H,19,20)/t13?,17-/m0/s1. The van der Waals surface area contributed by atoms with Crippen molar-refractivity contribution in [2.75, 3.05) is 6.54 Å². The van der Waals surface area contributed by atoms with Crippen LogP contribution in [-0.2, 0) is 9.53 Å². The van der Waals surface area contributed by atoms with Crippen molar-refractivity contribution < 1.29 is 19.4 Å². The van der Waals surface area contributed by atoms with Crippen LogP contribution in [0, 0.1) is 11.8 Å². The molecule has 0 bridgehead atoms. The maximum Gasteiger partial charge on any atom is 0.410 e. The third kappa shape index (κ3) is 4.62. The molecule has 1 aliphatic heterocycles. The van der Waals surface area contributed by atoms with Gasteiger partial charge in [0.05, 0.1) is 5.92 Å². The molecule has 1 amide bonds. The number of carbonyl (C=O) groups excluding carboxylic acids is 1. The lowest BCUT2D eigenvalue weighted by atomic mass is 9.83. The molecule has 128 valence electrons. The number of likely N-dealkylation sites (tertiary alicyclic amines) is 1. The smallest absolute Gasteiger partial charge is 0.410 e. The summed E-state index contributed by atoms with van der Waals surface area (Å²) in [5.74, 6) is -0.805. The first-order valence-corrected chi connectivity index (χ1v) is 8.24. The second kappa shape index (κ2) is 6.88. The highest BCUT2D eigenvalue weighted by Gasteiger charge is 2.49. The Kier molecular flexibility index (Phi) is 5.88. The molecule has 1 rings (SSSR count). The van der Waals surface area contributed by atoms with Crippen LogP contribution < -0.4 is 0 Å². The highest BCUT2D eigenvalue weighted by Crippen LogP contribution is 2.41. The van der Waals surface area contributed by atoms with Crippen molar-refractivity contribution in [3.8, 4) is 0 Å². The molecule has 0 aliphatic carbocycles. The van der Waals surface area contributed by atoms with E-state index in [-0.39, 0.29) is 12.6 Å². The zero-order valence-electron chi connectivity index (χ0n) is 14.8. The largest absolute Gasteiger partial charge is 0.481 e. The van der Waals surface area contributed by atoms with Gasteiger partial charge in [0.1, 0.15) is 5.60 Å². The molecule has 1 unspecified atom stereocenters. The van der Waals surface area contributed by atoms with Crippen molar-refractivity contribution in [1.82, 2.24) is 4.90 Å². The molecule has 5 heteroatoms. The molecule has 1 heterocycles. The van der Waals surface area contributed by atoms with Gasteiger partial charge in [0.15, 0.2) is 0 Å². The summed E-state index contributed by atoms with van der Waals surface area (Å²) in [5.41, 5.74) is -0.967. The van der Waals surface area contributed by atoms with E-state index in [2.05, 4.69) is 13.8 Å². The average molecular weight is 313 g/mol. The maximum atomic E-state index is 12.6. The number of carboxylic acids is 1. The van der Waals surface area contributed by atoms with Crippen LogP contribution in [-0.4, -0.2) is 39.8 Å². The number of hydrogen-bond donors (Lipinski definition) is 1. The van der Waals surface area contributed by atoms with E-state index in [0.29, 0.717) is 12.3 Å². The van der Waals surface area contributed by atoms with Gasteiger partial charge < -0.3 is 14.7 Å². The summed E-state index contributed by atoms with van der Waals surface area (Å²) in [6.45, 7) is 12.1. The highest BCUT2D eigenvalue weighted by molar-refractivity contribution is 5.75. The number of hydrogen-bond acceptors (Lipinski definition) is 3. The molecule has 22 heavy (non-hydrogen) atoms. The first-order chi connectivity index (χ1) is 10.0. The molecule has 0 saturated carbocycles. The minimum atomic E-state index is -0.826. The van der Waals surface area contributed by atoms with E-state index in [1.54, 1.807) is 4.90 Å². The molecule has 0 aromatic heterocycles. The summed E-state index contributed by atoms with van der Waals surface area (Å²) in [4.78, 5) is 25.7. The van der Waals surface area contributed by atoms with Crippen molar-refractivity contribution in [2.24, 2.45) is 11.8 Å². The Labute approximate surface area is 134 Å². The topological polar surface area (TPSA) is 66.8 Å². The van der Waals surface area contributed by atoms with Crippen LogP contribution in [0.15, 0.2) is 0 Å². The number of nitrogens with zero attached hydrogens (tertiary/aromatic N) is 1. The molecule has 0 aromatic carbocycles. The number of aliphatic carboxylic acids is 1. The quantitative estimate of drug-likeness (QED) is 0.835. The van der Waals surface area contributed by atoms with Gasteiger partial charge in [-0.15, -0.1) is 0 Å². The van der Waals surface area contributed by atoms with Crippen LogP contribution in [0.25, 0.3) is 0 Å². The molecule has 0 aromatic rings. The van der Waals surface area contributed by atoms with E-state index in [1.165, 1.54) is 0 Å². The number of rotatable bonds is 5. The second-order valence-corrected chi connectivity index (χ2v) is 7.84. The molecule has 1 fully saturated rings. The lowest BCUT2D eigenvalue weighted by molar-refractivity contribution is -0.141. The van der Waals surface area contributed by atoms with Gasteiger partial charge in [-0.25, -0.2) is 4.79 Å². The zero-order chi connectivity index (χ0) is 17.1. The predicted octanol–water partition coefficient (Wildman–Crippen LogP) is 3.91. The third-order valence-electron chi connectivity index (χ3n) is 4.41. The van der Waals surface area contributed by atoms with Gasteiger partial charge in [-0.3, -0.25) is 4.79 Å². The number of carbonyl (C=O) groups is 2. The van der Waals surface area contributed by atoms with Gasteiger partial charge in [0, 0.05) is 12.1 Å². The first kappa shape index (κ1) is 18.8. The molecule has 1 saturated heterocycles. The van der Waals surface area contributed by atoms with Crippen LogP contribution in [0.2, 0.25) is 0 Å². The van der Waals surface area contributed by atoms with Crippen molar-refractivity contribution in [1.29, 1.82) is 0 Å². The van der Waals surface area contributed by atoms with E-state index < -0.39 is 23.0 Å². The van der Waals surface area contributed by atoms with Gasteiger partial charge in [-0.1, -0.05) is 20.8 Å². The lowest BCUT2D eigenvalue weighted by Crippen LogP contribution is -2.49. The summed E-state index contributed by atoms with van der Waals surface area (Å²) < 4.78 is 5.51. The Balaban J connectivity index is 3.01. The average Bonchev–Trinajstić information content (AvgIpc) is 2.75. The van der Waals surface area contributed by atoms with E-state index in [0.717, 1.165) is 19.3 Å². The fraction of sp³-hybridized carbons (Fsp3) is 0.882. The maximum absolute atomic E-state index is 12.6. The Morgan fingerprint density at radius 3 is 2.36 bits per heavy atom. The van der Waals surface area contributed by atoms with Gasteiger partial charge >= 0.3 is 12.1 Å². The van der Waals surface area contributed by atoms with E-state index in [9.17, 15) is 14.7 Å². The third-order valence-corrected chi connectivity index (χ3v) is 4.41. The molecule has 1 aliphatic rings. The monoisotopic (exact) mass is 313 g/mol. The molecule has 1 N–H and O–H groups in total. The van der Waals surface area contributed by atoms with Crippen molar-refractivity contribution in [3.05, 3.63) is 0 Å². The Hall–Kier alpha value is -1.26. The molecule has 0 radical (unpaired) electrons. The zero-order valence-corrected chi connectivity index (χ0v) is 14.8. The van der Waals surface area contributed by atoms with Gasteiger partial charge in [-0.05, 0) is 52.4 Å². The molecule has 0 spiro atoms. The summed E-state index contributed by atoms with van der Waals surface area (Å²) in [7, 11) is 0. The van der Waals surface area contributed by atoms with Crippen LogP contribution in [0.3, 0.4) is 0 Å². The summed E-state index contributed by atoms with van der Waals surface area (Å²) in [6.07, 6.45) is 2.68. The van der Waals surface area contributed by atoms with Crippen LogP contribution in [0.5, 0.6) is 0 Å². The van der Waals surface area contributed by atoms with E-state index >= 15 is 0 Å². The van der Waals surface area contributed by atoms with Crippen molar-refractivity contribution in [3.63, 3.8) is 0 Å². The fourth-order valence-corrected chi connectivity index (χ4v) is 3.10. The molecule has 5 nitrogen and oxygen atoms in total. The molecular formula is C17H31NO4. The lowest BCUT2D eigenvalue weighted by Gasteiger charge is -2.39. The summed E-state index contributed by atoms with van der Waals surface area (Å²) >= 11 is 0. The number of ether oxygens (including phenoxy) is 1. The Bertz CT molecular complexity index is 413. The van der Waals surface area contributed by atoms with Crippen molar-refractivity contribution >= 4 is 12.1 Å². The van der Waals surface area contributed by atoms with Crippen LogP contribution >= 0.6 is 0 Å². The fourth-order valence-electron chi connectivity index (χ4n) is 3.10. The van der Waals surface area contributed by atoms with Crippen LogP contribution in [0.4, 0.5) is 4.79 Å². The van der Waals surface area contributed by atoms with Crippen molar-refractivity contribution in [2.45, 2.75) is 78.4 Å². The van der Waals surface area contributed by atoms with Gasteiger partial charge in [0.25, 0.3) is 0 Å². The van der Waals surface area contributed by atoms with Gasteiger partial charge in [-0.2, -0.15) is 0 Å². The number of carboxylic acid groups (broad SMARTS) is 1. The highest BCUT2D eigenvalue weighted by atomic mass is 16.6. The Morgan fingerprint density at radius 1 is 1.36 bits per heavy atom. The van der Waals surface area contributed by atoms with Gasteiger partial charge in [0.2, 0.25) is 0 Å². The molecule has 2 atom stereocenters. The second-order valence-electron chi connectivity index (χ2n) is 7.84. The van der Waals surface area contributed by atoms with Crippen LogP contribution in [0.1, 0.15) is 67.2 Å². The minimum Gasteiger partial charge on any atom is -0.481 e. The Morgan fingerprint density at radius 2 is 1.95 bits per heavy atom. The SMILES string of the molecule is CC[C@]1(CCC(C)C)CC(C(=O)O)CN1C(=O)OC(C)(C)C. The van der Waals surface area contributed by atoms with E-state index in [1.807, 2.05) is 27.7 Å². The van der Waals surface area contributed by atoms with E-state index in [4.69, 9.17) is 4.74 Å². The summed E-state index contributed by atoms with van der Waals surface area (Å²) in [5, 5.41) is 9.37. The first-order valence-electron chi connectivity index (χ1n) is 8.24. The predicted molar refractivity (Wildman–Crippen MR) is 85.8 cm³/mol. The summed E-state index contributed by atoms with van der Waals surface area (Å²) in [6, 6.07) is 0. The minimum absolute atomic E-state index is 0.246. The molecular weight excluding hydrogens is 282 g/mol. The number of amides is 1. The normalized spacial score (nSPS) is 25.6.